The molecule has 0 saturated carbocycles. The lowest BCUT2D eigenvalue weighted by atomic mass is 10.2. The Morgan fingerprint density at radius 1 is 0.396 bits per heavy atom. The molecule has 0 spiro atoms. The zero-order valence-electron chi connectivity index (χ0n) is 25.8. The van der Waals surface area contributed by atoms with Crippen LogP contribution in [0.1, 0.15) is 43.0 Å². The monoisotopic (exact) mass is 638 g/mol. The molecule has 240 valence electrons. The van der Waals surface area contributed by atoms with E-state index < -0.39 is 11.9 Å². The van der Waals surface area contributed by atoms with E-state index in [1.54, 1.807) is 73.8 Å². The fourth-order valence-electron chi connectivity index (χ4n) is 3.53. The number of anilines is 2. The van der Waals surface area contributed by atoms with Crippen LogP contribution in [0.2, 0.25) is 0 Å². The molecule has 0 aliphatic rings. The van der Waals surface area contributed by atoms with E-state index in [0.29, 0.717) is 11.4 Å². The number of rotatable bonds is 6. The van der Waals surface area contributed by atoms with Crippen LogP contribution in [0, 0.1) is 0 Å². The molecule has 0 atom stereocenters. The molecule has 48 heavy (non-hydrogen) atoms. The smallest absolute Gasteiger partial charge is 0.335 e. The molecule has 0 radical (unpaired) electrons. The van der Waals surface area contributed by atoms with Gasteiger partial charge in [-0.25, -0.2) is 9.59 Å². The third-order valence-corrected chi connectivity index (χ3v) is 6.08. The number of hydrogen-bond acceptors (Lipinski definition) is 8. The maximum atomic E-state index is 10.3. The van der Waals surface area contributed by atoms with Crippen molar-refractivity contribution in [1.29, 1.82) is 0 Å². The lowest BCUT2D eigenvalue weighted by Gasteiger charge is -1.93. The minimum Gasteiger partial charge on any atom is -0.478 e. The van der Waals surface area contributed by atoms with E-state index >= 15 is 0 Å². The highest BCUT2D eigenvalue weighted by atomic mass is 16.4. The van der Waals surface area contributed by atoms with Crippen molar-refractivity contribution in [2.24, 2.45) is 0 Å². The van der Waals surface area contributed by atoms with Crippen LogP contribution in [0.25, 0.3) is 24.3 Å². The van der Waals surface area contributed by atoms with Crippen LogP contribution in [0.5, 0.6) is 0 Å². The second kappa shape index (κ2) is 20.2. The number of carboxylic acid groups (broad SMARTS) is 2. The third kappa shape index (κ3) is 14.2. The van der Waals surface area contributed by atoms with Crippen molar-refractivity contribution >= 4 is 47.6 Å². The van der Waals surface area contributed by atoms with Crippen molar-refractivity contribution in [1.82, 2.24) is 19.9 Å². The van der Waals surface area contributed by atoms with Gasteiger partial charge in [0.25, 0.3) is 0 Å². The topological polar surface area (TPSA) is 178 Å². The summed E-state index contributed by atoms with van der Waals surface area (Å²) in [6, 6.07) is 27.9. The molecule has 10 heteroatoms. The molecule has 0 saturated heterocycles. The fourth-order valence-corrected chi connectivity index (χ4v) is 3.53. The van der Waals surface area contributed by atoms with Crippen molar-refractivity contribution in [3.8, 4) is 0 Å². The van der Waals surface area contributed by atoms with Gasteiger partial charge in [-0.05, 0) is 119 Å². The first kappa shape index (κ1) is 35.5. The van der Waals surface area contributed by atoms with Gasteiger partial charge >= 0.3 is 11.9 Å². The molecule has 6 aromatic rings. The summed E-state index contributed by atoms with van der Waals surface area (Å²) in [6.07, 6.45) is 22.5. The zero-order chi connectivity index (χ0) is 34.4. The fraction of sp³-hybridized carbons (Fsp3) is 0. The van der Waals surface area contributed by atoms with Gasteiger partial charge in [0.1, 0.15) is 0 Å². The molecule has 6 rings (SSSR count). The van der Waals surface area contributed by atoms with Gasteiger partial charge in [-0.3, -0.25) is 19.9 Å². The first-order chi connectivity index (χ1) is 23.3. The van der Waals surface area contributed by atoms with Gasteiger partial charge in [-0.2, -0.15) is 0 Å². The number of nitrogens with two attached hydrogens (primary N) is 2. The van der Waals surface area contributed by atoms with Crippen LogP contribution in [0.3, 0.4) is 0 Å². The Bertz CT molecular complexity index is 1630. The average Bonchev–Trinajstić information content (AvgIpc) is 3.13. The SMILES string of the molecule is C(=C\c1ccncc1)/c1ccncc1.C(=C\c1ccncc1)/c1ccncc1.Nc1ccc(C(=O)O)cc1.Nc1ccc(C(=O)O)cc1. The van der Waals surface area contributed by atoms with Gasteiger partial charge in [0.2, 0.25) is 0 Å². The van der Waals surface area contributed by atoms with Crippen molar-refractivity contribution in [2.45, 2.75) is 0 Å². The van der Waals surface area contributed by atoms with E-state index in [0.717, 1.165) is 22.3 Å². The Balaban J connectivity index is 0.000000176. The number of aromatic carboxylic acids is 2. The molecule has 6 N–H and O–H groups in total. The Morgan fingerprint density at radius 3 is 0.792 bits per heavy atom. The Labute approximate surface area is 278 Å². The van der Waals surface area contributed by atoms with Crippen LogP contribution >= 0.6 is 0 Å². The molecule has 10 nitrogen and oxygen atoms in total. The van der Waals surface area contributed by atoms with Crippen LogP contribution in [0.15, 0.2) is 147 Å². The van der Waals surface area contributed by atoms with Crippen LogP contribution in [-0.2, 0) is 0 Å². The summed E-state index contributed by atoms with van der Waals surface area (Å²) in [4.78, 5) is 36.4. The summed E-state index contributed by atoms with van der Waals surface area (Å²) in [5.41, 5.74) is 16.9. The molecule has 0 bridgehead atoms. The van der Waals surface area contributed by atoms with E-state index in [-0.39, 0.29) is 11.1 Å². The number of pyridine rings is 4. The van der Waals surface area contributed by atoms with Crippen LogP contribution in [0.4, 0.5) is 11.4 Å². The van der Waals surface area contributed by atoms with E-state index in [2.05, 4.69) is 44.2 Å². The van der Waals surface area contributed by atoms with Crippen molar-refractivity contribution in [3.05, 3.63) is 180 Å². The quantitative estimate of drug-likeness (QED) is 0.136. The minimum atomic E-state index is -0.931. The third-order valence-electron chi connectivity index (χ3n) is 6.08. The van der Waals surface area contributed by atoms with Gasteiger partial charge in [0.15, 0.2) is 0 Å². The molecular weight excluding hydrogens is 604 g/mol. The number of carbonyl (C=O) groups is 2. The maximum Gasteiger partial charge on any atom is 0.335 e. The molecule has 0 fully saturated rings. The second-order valence-corrected chi connectivity index (χ2v) is 9.64. The standard InChI is InChI=1S/2C12H10N2.2C7H7NO2/c2*1(11-3-7-13-8-4-11)2-12-5-9-14-10-6-12;2*8-6-3-1-5(2-4-6)7(9)10/h2*1-10H;2*1-4H,8H2,(H,9,10)/b2*2-1+;;. The summed E-state index contributed by atoms with van der Waals surface area (Å²) >= 11 is 0. The predicted octanol–water partition coefficient (Wildman–Crippen LogP) is 7.23. The summed E-state index contributed by atoms with van der Waals surface area (Å²) < 4.78 is 0. The van der Waals surface area contributed by atoms with Crippen LogP contribution in [-0.4, -0.2) is 42.1 Å². The van der Waals surface area contributed by atoms with Gasteiger partial charge in [-0.1, -0.05) is 24.3 Å². The lowest BCUT2D eigenvalue weighted by Crippen LogP contribution is -1.95. The number of benzene rings is 2. The van der Waals surface area contributed by atoms with E-state index in [1.807, 2.05) is 48.5 Å². The normalized spacial score (nSPS) is 10.0. The first-order valence-electron chi connectivity index (χ1n) is 14.4. The Hall–Kier alpha value is -6.94. The second-order valence-electron chi connectivity index (χ2n) is 9.64. The molecule has 0 aliphatic carbocycles. The molecule has 0 aliphatic heterocycles. The van der Waals surface area contributed by atoms with Gasteiger partial charge in [0, 0.05) is 60.9 Å². The van der Waals surface area contributed by atoms with Crippen LogP contribution < -0.4 is 11.5 Å². The molecule has 0 unspecified atom stereocenters. The average molecular weight is 639 g/mol. The summed E-state index contributed by atoms with van der Waals surface area (Å²) in [5, 5.41) is 16.9. The number of nitrogen functional groups attached to an aromatic ring is 2. The van der Waals surface area contributed by atoms with Gasteiger partial charge < -0.3 is 21.7 Å². The molecular formula is C38H34N6O4. The molecule has 4 heterocycles. The van der Waals surface area contributed by atoms with Gasteiger partial charge in [-0.15, -0.1) is 0 Å². The minimum absolute atomic E-state index is 0.259. The summed E-state index contributed by atoms with van der Waals surface area (Å²) in [6.45, 7) is 0. The number of nitrogens with zero attached hydrogens (tertiary/aromatic N) is 4. The molecule has 2 aromatic carbocycles. The van der Waals surface area contributed by atoms with Gasteiger partial charge in [0.05, 0.1) is 11.1 Å². The Kier molecular flexibility index (Phi) is 14.9. The molecule has 4 aromatic heterocycles. The number of aromatic nitrogens is 4. The summed E-state index contributed by atoms with van der Waals surface area (Å²) in [5.74, 6) is -1.86. The first-order valence-corrected chi connectivity index (χ1v) is 14.4. The number of carboxylic acids is 2. The predicted molar refractivity (Wildman–Crippen MR) is 190 cm³/mol. The highest BCUT2D eigenvalue weighted by Gasteiger charge is 1.99. The maximum absolute atomic E-state index is 10.3. The van der Waals surface area contributed by atoms with E-state index in [4.69, 9.17) is 21.7 Å². The van der Waals surface area contributed by atoms with Crippen molar-refractivity contribution in [3.63, 3.8) is 0 Å². The number of hydrogen-bond donors (Lipinski definition) is 4. The van der Waals surface area contributed by atoms with Crippen molar-refractivity contribution < 1.29 is 19.8 Å². The largest absolute Gasteiger partial charge is 0.478 e. The van der Waals surface area contributed by atoms with E-state index in [9.17, 15) is 9.59 Å². The highest BCUT2D eigenvalue weighted by molar-refractivity contribution is 5.88. The van der Waals surface area contributed by atoms with Crippen molar-refractivity contribution in [2.75, 3.05) is 11.5 Å². The molecule has 0 amide bonds. The Morgan fingerprint density at radius 2 is 0.604 bits per heavy atom. The lowest BCUT2D eigenvalue weighted by molar-refractivity contribution is 0.0686. The summed E-state index contributed by atoms with van der Waals surface area (Å²) in [7, 11) is 0. The zero-order valence-corrected chi connectivity index (χ0v) is 25.8. The van der Waals surface area contributed by atoms with E-state index in [1.165, 1.54) is 24.3 Å². The highest BCUT2D eigenvalue weighted by Crippen LogP contribution is 2.07.